The van der Waals surface area contributed by atoms with E-state index >= 15 is 0 Å². The molecule has 20 heavy (non-hydrogen) atoms. The average molecular weight is 281 g/mol. The van der Waals surface area contributed by atoms with Crippen molar-refractivity contribution in [3.8, 4) is 6.01 Å². The van der Waals surface area contributed by atoms with Gasteiger partial charge >= 0.3 is 6.01 Å². The van der Waals surface area contributed by atoms with Crippen LogP contribution in [0, 0.1) is 0 Å². The molecule has 0 amide bonds. The van der Waals surface area contributed by atoms with Gasteiger partial charge in [-0.25, -0.2) is 0 Å². The fourth-order valence-electron chi connectivity index (χ4n) is 2.53. The van der Waals surface area contributed by atoms with Gasteiger partial charge in [-0.05, 0) is 19.8 Å². The number of aliphatic hydroxyl groups is 1. The van der Waals surface area contributed by atoms with Crippen LogP contribution >= 0.6 is 0 Å². The van der Waals surface area contributed by atoms with E-state index in [1.54, 1.807) is 7.05 Å². The van der Waals surface area contributed by atoms with Gasteiger partial charge in [0.1, 0.15) is 0 Å². The van der Waals surface area contributed by atoms with Crippen LogP contribution in [0.4, 0.5) is 11.9 Å². The second-order valence-corrected chi connectivity index (χ2v) is 5.21. The molecule has 1 heterocycles. The molecule has 0 saturated heterocycles. The molecule has 1 aliphatic carbocycles. The minimum Gasteiger partial charge on any atom is -0.464 e. The lowest BCUT2D eigenvalue weighted by Crippen LogP contribution is -2.40. The Morgan fingerprint density at radius 2 is 2.00 bits per heavy atom. The molecule has 0 aliphatic heterocycles. The number of hydrogen-bond acceptors (Lipinski definition) is 7. The molecular weight excluding hydrogens is 258 g/mol. The molecule has 1 aromatic heterocycles. The molecule has 0 radical (unpaired) electrons. The molecule has 1 saturated carbocycles. The summed E-state index contributed by atoms with van der Waals surface area (Å²) in [7, 11) is 3.63. The Bertz CT molecular complexity index is 448. The standard InChI is InChI=1S/C13H23N5O2/c1-4-20-12-16-10(14-2)15-11(17-12)18(3)9-13(19)7-5-6-8-13/h19H,4-9H2,1-3H3,(H,14,15,16,17). The Morgan fingerprint density at radius 3 is 2.60 bits per heavy atom. The summed E-state index contributed by atoms with van der Waals surface area (Å²) >= 11 is 0. The highest BCUT2D eigenvalue weighted by Gasteiger charge is 2.33. The number of ether oxygens (including phenoxy) is 1. The summed E-state index contributed by atoms with van der Waals surface area (Å²) in [5.41, 5.74) is -0.632. The molecule has 1 aromatic rings. The van der Waals surface area contributed by atoms with Crippen molar-refractivity contribution in [1.29, 1.82) is 0 Å². The molecule has 0 aromatic carbocycles. The Balaban J connectivity index is 2.15. The van der Waals surface area contributed by atoms with Gasteiger partial charge in [-0.15, -0.1) is 0 Å². The van der Waals surface area contributed by atoms with Gasteiger partial charge in [0.25, 0.3) is 0 Å². The molecular formula is C13H23N5O2. The van der Waals surface area contributed by atoms with E-state index in [2.05, 4.69) is 20.3 Å². The summed E-state index contributed by atoms with van der Waals surface area (Å²) in [5, 5.41) is 13.4. The van der Waals surface area contributed by atoms with E-state index in [1.807, 2.05) is 18.9 Å². The van der Waals surface area contributed by atoms with Gasteiger partial charge < -0.3 is 20.1 Å². The third-order valence-corrected chi connectivity index (χ3v) is 3.51. The number of nitrogens with one attached hydrogen (secondary N) is 1. The van der Waals surface area contributed by atoms with Crippen LogP contribution in [0.3, 0.4) is 0 Å². The lowest BCUT2D eigenvalue weighted by Gasteiger charge is -2.28. The monoisotopic (exact) mass is 281 g/mol. The Morgan fingerprint density at radius 1 is 1.30 bits per heavy atom. The topological polar surface area (TPSA) is 83.4 Å². The zero-order valence-electron chi connectivity index (χ0n) is 12.4. The van der Waals surface area contributed by atoms with Crippen LogP contribution in [-0.4, -0.2) is 52.9 Å². The second-order valence-electron chi connectivity index (χ2n) is 5.21. The predicted molar refractivity (Wildman–Crippen MR) is 77.2 cm³/mol. The zero-order chi connectivity index (χ0) is 14.6. The maximum atomic E-state index is 10.5. The molecule has 0 bridgehead atoms. The van der Waals surface area contributed by atoms with Gasteiger partial charge in [0.15, 0.2) is 0 Å². The smallest absolute Gasteiger partial charge is 0.323 e. The zero-order valence-corrected chi connectivity index (χ0v) is 12.4. The van der Waals surface area contributed by atoms with Crippen molar-refractivity contribution in [2.45, 2.75) is 38.2 Å². The lowest BCUT2D eigenvalue weighted by atomic mass is 10.0. The Kier molecular flexibility index (Phi) is 4.59. The molecule has 7 heteroatoms. The summed E-state index contributed by atoms with van der Waals surface area (Å²) in [4.78, 5) is 14.6. The summed E-state index contributed by atoms with van der Waals surface area (Å²) < 4.78 is 5.34. The van der Waals surface area contributed by atoms with E-state index in [0.717, 1.165) is 25.7 Å². The maximum Gasteiger partial charge on any atom is 0.323 e. The Hall–Kier alpha value is -1.63. The van der Waals surface area contributed by atoms with Crippen molar-refractivity contribution < 1.29 is 9.84 Å². The van der Waals surface area contributed by atoms with Gasteiger partial charge in [-0.3, -0.25) is 0 Å². The van der Waals surface area contributed by atoms with E-state index in [1.165, 1.54) is 0 Å². The Labute approximate surface area is 119 Å². The summed E-state index contributed by atoms with van der Waals surface area (Å²) in [6, 6.07) is 0.298. The SMILES string of the molecule is CCOc1nc(NC)nc(N(C)CC2(O)CCCC2)n1. The molecule has 2 N–H and O–H groups in total. The van der Waals surface area contributed by atoms with Gasteiger partial charge in [-0.1, -0.05) is 12.8 Å². The average Bonchev–Trinajstić information content (AvgIpc) is 2.85. The van der Waals surface area contributed by atoms with E-state index in [-0.39, 0.29) is 0 Å². The van der Waals surface area contributed by atoms with E-state index in [4.69, 9.17) is 4.74 Å². The number of aromatic nitrogens is 3. The normalized spacial score (nSPS) is 17.0. The highest BCUT2D eigenvalue weighted by atomic mass is 16.5. The minimum absolute atomic E-state index is 0.298. The van der Waals surface area contributed by atoms with E-state index < -0.39 is 5.60 Å². The molecule has 112 valence electrons. The minimum atomic E-state index is -0.632. The fraction of sp³-hybridized carbons (Fsp3) is 0.769. The van der Waals surface area contributed by atoms with Gasteiger partial charge in [0, 0.05) is 20.6 Å². The van der Waals surface area contributed by atoms with Gasteiger partial charge in [0.05, 0.1) is 12.2 Å². The number of likely N-dealkylation sites (N-methyl/N-ethyl adjacent to an activating group) is 1. The summed E-state index contributed by atoms with van der Waals surface area (Å²) in [6.07, 6.45) is 3.82. The number of hydrogen-bond donors (Lipinski definition) is 2. The first-order valence-electron chi connectivity index (χ1n) is 7.06. The van der Waals surface area contributed by atoms with Crippen molar-refractivity contribution in [3.05, 3.63) is 0 Å². The van der Waals surface area contributed by atoms with Crippen LogP contribution in [0.2, 0.25) is 0 Å². The van der Waals surface area contributed by atoms with Crippen LogP contribution in [0.25, 0.3) is 0 Å². The highest BCUT2D eigenvalue weighted by molar-refractivity contribution is 5.37. The first-order chi connectivity index (χ1) is 9.56. The van der Waals surface area contributed by atoms with Crippen molar-refractivity contribution in [1.82, 2.24) is 15.0 Å². The third-order valence-electron chi connectivity index (χ3n) is 3.51. The van der Waals surface area contributed by atoms with Crippen LogP contribution in [-0.2, 0) is 0 Å². The lowest BCUT2D eigenvalue weighted by molar-refractivity contribution is 0.0556. The summed E-state index contributed by atoms with van der Waals surface area (Å²) in [6.45, 7) is 2.90. The van der Waals surface area contributed by atoms with Crippen molar-refractivity contribution >= 4 is 11.9 Å². The quantitative estimate of drug-likeness (QED) is 0.806. The predicted octanol–water partition coefficient (Wildman–Crippen LogP) is 1.05. The molecule has 0 spiro atoms. The van der Waals surface area contributed by atoms with Crippen LogP contribution in [0.1, 0.15) is 32.6 Å². The van der Waals surface area contributed by atoms with Crippen molar-refractivity contribution in [2.24, 2.45) is 0 Å². The van der Waals surface area contributed by atoms with Crippen LogP contribution in [0.5, 0.6) is 6.01 Å². The third kappa shape index (κ3) is 3.47. The molecule has 0 unspecified atom stereocenters. The molecule has 0 atom stereocenters. The highest BCUT2D eigenvalue weighted by Crippen LogP contribution is 2.30. The van der Waals surface area contributed by atoms with Crippen LogP contribution < -0.4 is 15.0 Å². The largest absolute Gasteiger partial charge is 0.464 e. The van der Waals surface area contributed by atoms with Crippen LogP contribution in [0.15, 0.2) is 0 Å². The molecule has 2 rings (SSSR count). The van der Waals surface area contributed by atoms with Gasteiger partial charge in [0.2, 0.25) is 11.9 Å². The molecule has 1 fully saturated rings. The first-order valence-corrected chi connectivity index (χ1v) is 7.06. The number of nitrogens with zero attached hydrogens (tertiary/aromatic N) is 4. The number of rotatable bonds is 6. The van der Waals surface area contributed by atoms with Gasteiger partial charge in [-0.2, -0.15) is 15.0 Å². The fourth-order valence-corrected chi connectivity index (χ4v) is 2.53. The van der Waals surface area contributed by atoms with E-state index in [0.29, 0.717) is 31.1 Å². The second kappa shape index (κ2) is 6.21. The van der Waals surface area contributed by atoms with Crippen molar-refractivity contribution in [3.63, 3.8) is 0 Å². The van der Waals surface area contributed by atoms with E-state index in [9.17, 15) is 5.11 Å². The number of anilines is 2. The van der Waals surface area contributed by atoms with Crippen molar-refractivity contribution in [2.75, 3.05) is 37.5 Å². The maximum absolute atomic E-state index is 10.5. The summed E-state index contributed by atoms with van der Waals surface area (Å²) in [5.74, 6) is 0.969. The first kappa shape index (κ1) is 14.8. The molecule has 1 aliphatic rings. The molecule has 7 nitrogen and oxygen atoms in total.